The summed E-state index contributed by atoms with van der Waals surface area (Å²) in [7, 11) is 0. The number of rotatable bonds is 3. The van der Waals surface area contributed by atoms with Crippen LogP contribution in [0.25, 0.3) is 0 Å². The number of carbonyl (C=O) groups excluding carboxylic acids is 1. The molecule has 0 rings (SSSR count). The molecule has 0 spiro atoms. The van der Waals surface area contributed by atoms with Gasteiger partial charge in [0.2, 0.25) is 0 Å². The Hall–Kier alpha value is -0.935. The van der Waals surface area contributed by atoms with E-state index in [0.717, 1.165) is 13.0 Å². The molecular weight excluding hydrogens is 160 g/mol. The highest BCUT2D eigenvalue weighted by Crippen LogP contribution is 2.08. The molecule has 2 nitrogen and oxygen atoms in total. The van der Waals surface area contributed by atoms with Gasteiger partial charge in [-0.1, -0.05) is 6.08 Å². The van der Waals surface area contributed by atoms with Crippen molar-refractivity contribution in [3.8, 4) is 0 Å². The molecule has 0 aliphatic heterocycles. The first kappa shape index (κ1) is 10.1. The molecule has 64 valence electrons. The first-order chi connectivity index (χ1) is 4.92. The molecule has 0 amide bonds. The Labute approximate surface area is 62.1 Å². The smallest absolute Gasteiger partial charge is 0.462 e. The van der Waals surface area contributed by atoms with Crippen molar-refractivity contribution in [2.24, 2.45) is 0 Å². The Morgan fingerprint density at radius 2 is 2.09 bits per heavy atom. The second kappa shape index (κ2) is 4.05. The van der Waals surface area contributed by atoms with Gasteiger partial charge in [0.15, 0.2) is 0 Å². The van der Waals surface area contributed by atoms with Crippen LogP contribution >= 0.6 is 0 Å². The standard InChI is InChI=1S/C5H7BF3O2/c1-5(10)11-4-2-3-6(7,8)9/h2-3H,4H2,1H3/q-1/b3-2+. The molecule has 11 heavy (non-hydrogen) atoms. The third-order valence-corrected chi connectivity index (χ3v) is 0.737. The molecule has 0 unspecified atom stereocenters. The van der Waals surface area contributed by atoms with E-state index in [4.69, 9.17) is 0 Å². The van der Waals surface area contributed by atoms with E-state index in [9.17, 15) is 17.7 Å². The number of hydrogen-bond acceptors (Lipinski definition) is 2. The average Bonchev–Trinajstić information content (AvgIpc) is 1.78. The molecule has 0 heterocycles. The lowest BCUT2D eigenvalue weighted by atomic mass is 9.92. The molecule has 0 saturated heterocycles. The van der Waals surface area contributed by atoms with Gasteiger partial charge in [0.25, 0.3) is 0 Å². The molecule has 0 aromatic rings. The van der Waals surface area contributed by atoms with Crippen molar-refractivity contribution in [2.75, 3.05) is 6.61 Å². The van der Waals surface area contributed by atoms with Crippen molar-refractivity contribution in [2.45, 2.75) is 6.92 Å². The van der Waals surface area contributed by atoms with Crippen LogP contribution in [0.5, 0.6) is 0 Å². The quantitative estimate of drug-likeness (QED) is 0.470. The van der Waals surface area contributed by atoms with Crippen LogP contribution in [-0.4, -0.2) is 19.6 Å². The van der Waals surface area contributed by atoms with Crippen molar-refractivity contribution in [1.29, 1.82) is 0 Å². The SMILES string of the molecule is CC(=O)OC/C=C/[B-](F)(F)F. The zero-order valence-electron chi connectivity index (χ0n) is 5.89. The van der Waals surface area contributed by atoms with Crippen LogP contribution in [0.15, 0.2) is 12.1 Å². The summed E-state index contributed by atoms with van der Waals surface area (Å²) in [6, 6.07) is 0. The predicted octanol–water partition coefficient (Wildman–Crippen LogP) is 1.49. The molecular formula is C5H7BF3O2-. The summed E-state index contributed by atoms with van der Waals surface area (Å²) in [6.45, 7) is -4.10. The molecule has 0 fully saturated rings. The molecule has 0 aromatic carbocycles. The van der Waals surface area contributed by atoms with Gasteiger partial charge < -0.3 is 17.7 Å². The Morgan fingerprint density at radius 1 is 1.55 bits per heavy atom. The van der Waals surface area contributed by atoms with Crippen LogP contribution in [0, 0.1) is 0 Å². The lowest BCUT2D eigenvalue weighted by Crippen LogP contribution is -2.10. The fraction of sp³-hybridized carbons (Fsp3) is 0.400. The van der Waals surface area contributed by atoms with E-state index in [2.05, 4.69) is 4.74 Å². The van der Waals surface area contributed by atoms with E-state index >= 15 is 0 Å². The normalized spacial score (nSPS) is 12.0. The van der Waals surface area contributed by atoms with Gasteiger partial charge in [0, 0.05) is 6.92 Å². The maximum Gasteiger partial charge on any atom is 0.502 e. The van der Waals surface area contributed by atoms with Gasteiger partial charge in [-0.3, -0.25) is 4.79 Å². The maximum atomic E-state index is 11.4. The van der Waals surface area contributed by atoms with Crippen molar-refractivity contribution in [3.05, 3.63) is 12.1 Å². The molecule has 6 heteroatoms. The molecule has 0 N–H and O–H groups in total. The lowest BCUT2D eigenvalue weighted by molar-refractivity contribution is -0.139. The van der Waals surface area contributed by atoms with Gasteiger partial charge in [0.1, 0.15) is 6.61 Å². The minimum atomic E-state index is -4.90. The van der Waals surface area contributed by atoms with E-state index in [-0.39, 0.29) is 12.6 Å². The van der Waals surface area contributed by atoms with Gasteiger partial charge >= 0.3 is 12.9 Å². The summed E-state index contributed by atoms with van der Waals surface area (Å²) in [4.78, 5) is 10.0. The van der Waals surface area contributed by atoms with Crippen LogP contribution in [0.4, 0.5) is 12.9 Å². The molecule has 0 aromatic heterocycles. The van der Waals surface area contributed by atoms with E-state index in [0.29, 0.717) is 0 Å². The second-order valence-electron chi connectivity index (χ2n) is 1.86. The highest BCUT2D eigenvalue weighted by Gasteiger charge is 2.16. The van der Waals surface area contributed by atoms with Gasteiger partial charge in [-0.15, -0.1) is 5.98 Å². The van der Waals surface area contributed by atoms with Gasteiger partial charge in [-0.25, -0.2) is 0 Å². The summed E-state index contributed by atoms with van der Waals surface area (Å²) in [5, 5.41) is 0. The minimum absolute atomic E-state index is 0.0863. The topological polar surface area (TPSA) is 26.3 Å². The Morgan fingerprint density at radius 3 is 2.45 bits per heavy atom. The number of carbonyl (C=O) groups is 1. The first-order valence-electron chi connectivity index (χ1n) is 2.93. The highest BCUT2D eigenvalue weighted by molar-refractivity contribution is 6.64. The fourth-order valence-corrected chi connectivity index (χ4v) is 0.375. The van der Waals surface area contributed by atoms with Gasteiger partial charge in [-0.2, -0.15) is 0 Å². The minimum Gasteiger partial charge on any atom is -0.462 e. The van der Waals surface area contributed by atoms with Crippen molar-refractivity contribution in [1.82, 2.24) is 0 Å². The van der Waals surface area contributed by atoms with Gasteiger partial charge in [0.05, 0.1) is 0 Å². The van der Waals surface area contributed by atoms with Crippen LogP contribution < -0.4 is 0 Å². The van der Waals surface area contributed by atoms with Crippen LogP contribution in [-0.2, 0) is 9.53 Å². The van der Waals surface area contributed by atoms with E-state index < -0.39 is 12.9 Å². The third-order valence-electron chi connectivity index (χ3n) is 0.737. The number of esters is 1. The summed E-state index contributed by atoms with van der Waals surface area (Å²) in [5.41, 5.74) is 0. The van der Waals surface area contributed by atoms with E-state index in [1.807, 2.05) is 0 Å². The zero-order valence-corrected chi connectivity index (χ0v) is 5.89. The van der Waals surface area contributed by atoms with Gasteiger partial charge in [-0.05, 0) is 0 Å². The fourth-order valence-electron chi connectivity index (χ4n) is 0.375. The third kappa shape index (κ3) is 9.06. The van der Waals surface area contributed by atoms with Crippen LogP contribution in [0.2, 0.25) is 0 Å². The first-order valence-corrected chi connectivity index (χ1v) is 2.93. The zero-order chi connectivity index (χ0) is 8.91. The van der Waals surface area contributed by atoms with Crippen molar-refractivity contribution in [3.63, 3.8) is 0 Å². The Kier molecular flexibility index (Phi) is 3.71. The molecule has 0 aliphatic rings. The largest absolute Gasteiger partial charge is 0.502 e. The van der Waals surface area contributed by atoms with Crippen molar-refractivity contribution < 1.29 is 22.5 Å². The van der Waals surface area contributed by atoms with E-state index in [1.165, 1.54) is 0 Å². The van der Waals surface area contributed by atoms with Crippen molar-refractivity contribution >= 4 is 12.9 Å². The van der Waals surface area contributed by atoms with E-state index in [1.54, 1.807) is 0 Å². The summed E-state index contributed by atoms with van der Waals surface area (Å²) in [6.07, 6.45) is 0.765. The molecule has 0 atom stereocenters. The number of hydrogen-bond donors (Lipinski definition) is 0. The molecule has 0 bridgehead atoms. The van der Waals surface area contributed by atoms with Crippen LogP contribution in [0.3, 0.4) is 0 Å². The second-order valence-corrected chi connectivity index (χ2v) is 1.86. The Bertz CT molecular complexity index is 164. The lowest BCUT2D eigenvalue weighted by Gasteiger charge is -2.05. The maximum absolute atomic E-state index is 11.4. The molecule has 0 radical (unpaired) electrons. The summed E-state index contributed by atoms with van der Waals surface area (Å²) >= 11 is 0. The number of halogens is 3. The monoisotopic (exact) mass is 167 g/mol. The summed E-state index contributed by atoms with van der Waals surface area (Å²) < 4.78 is 38.5. The van der Waals surface area contributed by atoms with Crippen LogP contribution in [0.1, 0.15) is 6.92 Å². The summed E-state index contributed by atoms with van der Waals surface area (Å²) in [5.74, 6) is -0.507. The number of ether oxygens (including phenoxy) is 1. The average molecular weight is 167 g/mol. The predicted molar refractivity (Wildman–Crippen MR) is 34.9 cm³/mol. The highest BCUT2D eigenvalue weighted by atomic mass is 19.4. The Balaban J connectivity index is 3.54. The molecule has 0 aliphatic carbocycles. The molecule has 0 saturated carbocycles.